The fourth-order valence-corrected chi connectivity index (χ4v) is 14.1. The van der Waals surface area contributed by atoms with E-state index in [1.54, 1.807) is 0 Å². The molecule has 0 bridgehead atoms. The zero-order valence-corrected chi connectivity index (χ0v) is 31.4. The van der Waals surface area contributed by atoms with Gasteiger partial charge < -0.3 is 0 Å². The van der Waals surface area contributed by atoms with Crippen LogP contribution in [0.3, 0.4) is 0 Å². The van der Waals surface area contributed by atoms with E-state index in [2.05, 4.69) is 30.2 Å². The Labute approximate surface area is 374 Å². The Hall–Kier alpha value is -4.34. The summed E-state index contributed by atoms with van der Waals surface area (Å²) < 4.78 is 317. The molecular formula is C49H34P2Se2. The molecule has 8 aromatic carbocycles. The summed E-state index contributed by atoms with van der Waals surface area (Å²) in [6.45, 7) is 0. The molecule has 4 heteroatoms. The van der Waals surface area contributed by atoms with Crippen molar-refractivity contribution < 1.29 is 46.6 Å². The Morgan fingerprint density at radius 2 is 0.585 bits per heavy atom. The molecule has 0 nitrogen and oxygen atoms in total. The third-order valence-electron chi connectivity index (χ3n) is 8.81. The van der Waals surface area contributed by atoms with Crippen molar-refractivity contribution in [2.45, 2.75) is 5.41 Å². The number of benzene rings is 8. The van der Waals surface area contributed by atoms with Gasteiger partial charge in [0.05, 0.1) is 0 Å². The molecular weight excluding hydrogens is 808 g/mol. The van der Waals surface area contributed by atoms with E-state index in [4.69, 9.17) is 19.2 Å². The van der Waals surface area contributed by atoms with Crippen LogP contribution >= 0.6 is 11.0 Å². The van der Waals surface area contributed by atoms with Crippen LogP contribution in [-0.4, -0.2) is 30.2 Å². The standard InChI is InChI=1S/C49H34P2Se2/c52-50(35-17-5-1-6-18-35,36-19-7-2-8-20-36)39-29-31-43-41-25-13-15-27-45(41)49(47(43)33-39)46-28-16-14-26-42(46)44-32-30-40(34-48(44)49)51(53,37-21-9-3-10-22-37)38-23-11-4-12-24-38/h1-34H/i1D,2D,3D,4D,5D,6D,7D,8D,9D,10D,11D,12D,13D,14D,15D,16D,17D,18D,19D,20D,21D,22D,23D,24D,25D,26D,27D,28D,29D,30D,31D,32D,33D,34D. The Morgan fingerprint density at radius 1 is 0.302 bits per heavy atom. The first kappa shape index (κ1) is 13.2. The van der Waals surface area contributed by atoms with Gasteiger partial charge >= 0.3 is 375 Å². The molecule has 0 atom stereocenters. The monoisotopic (exact) mass is 878 g/mol. The Bertz CT molecular complexity index is 4210. The molecule has 2 aliphatic carbocycles. The van der Waals surface area contributed by atoms with Crippen molar-refractivity contribution in [1.82, 2.24) is 0 Å². The van der Waals surface area contributed by atoms with Crippen molar-refractivity contribution in [1.29, 1.82) is 0 Å². The fourth-order valence-electron chi connectivity index (χ4n) is 6.63. The maximum atomic E-state index is 10.8. The van der Waals surface area contributed by atoms with Gasteiger partial charge in [-0.1, -0.05) is 0 Å². The molecule has 0 aliphatic heterocycles. The zero-order valence-electron chi connectivity index (χ0n) is 60.2. The molecule has 10 rings (SSSR count). The van der Waals surface area contributed by atoms with Gasteiger partial charge in [-0.3, -0.25) is 0 Å². The number of hydrogen-bond donors (Lipinski definition) is 0. The predicted octanol–water partition coefficient (Wildman–Crippen LogP) is 8.78. The van der Waals surface area contributed by atoms with Crippen molar-refractivity contribution in [3.8, 4) is 22.3 Å². The third-order valence-corrected chi connectivity index (χ3v) is 20.8. The van der Waals surface area contributed by atoms with Crippen molar-refractivity contribution in [3.63, 3.8) is 0 Å². The molecule has 0 amide bonds. The summed E-state index contributed by atoms with van der Waals surface area (Å²) in [5.74, 6) is 0. The van der Waals surface area contributed by atoms with Gasteiger partial charge in [-0.15, -0.1) is 0 Å². The number of hydrogen-bond acceptors (Lipinski definition) is 0. The van der Waals surface area contributed by atoms with Crippen LogP contribution in [0, 0.1) is 0 Å². The normalized spacial score (nSPS) is 22.6. The minimum atomic E-state index is -5.19. The Balaban J connectivity index is 1.59. The molecule has 1 spiro atoms. The summed E-state index contributed by atoms with van der Waals surface area (Å²) >= 11 is 5.31. The molecule has 0 fully saturated rings. The van der Waals surface area contributed by atoms with E-state index >= 15 is 0 Å². The second-order valence-corrected chi connectivity index (χ2v) is 23.3. The van der Waals surface area contributed by atoms with Crippen LogP contribution < -0.4 is 31.8 Å². The molecule has 0 N–H and O–H groups in total. The van der Waals surface area contributed by atoms with Crippen molar-refractivity contribution in [3.05, 3.63) is 228 Å². The van der Waals surface area contributed by atoms with Gasteiger partial charge in [0, 0.05) is 0 Å². The van der Waals surface area contributed by atoms with E-state index in [0.29, 0.717) is 0 Å². The fraction of sp³-hybridized carbons (Fsp3) is 0.0204. The first-order valence-electron chi connectivity index (χ1n) is 32.2. The van der Waals surface area contributed by atoms with Gasteiger partial charge in [-0.2, -0.15) is 0 Å². The molecule has 0 saturated carbocycles. The van der Waals surface area contributed by atoms with Crippen LogP contribution in [0.25, 0.3) is 22.3 Å². The third kappa shape index (κ3) is 4.81. The topological polar surface area (TPSA) is 0 Å². The molecule has 53 heavy (non-hydrogen) atoms. The molecule has 0 radical (unpaired) electrons. The summed E-state index contributed by atoms with van der Waals surface area (Å²) in [5, 5.41) is -5.78. The van der Waals surface area contributed by atoms with Gasteiger partial charge in [0.15, 0.2) is 0 Å². The van der Waals surface area contributed by atoms with E-state index in [9.17, 15) is 27.4 Å². The number of fused-ring (bicyclic) bond motifs is 10. The van der Waals surface area contributed by atoms with Gasteiger partial charge in [-0.25, -0.2) is 0 Å². The van der Waals surface area contributed by atoms with E-state index in [-0.39, 0.29) is 0 Å². The molecule has 0 saturated heterocycles. The van der Waals surface area contributed by atoms with Gasteiger partial charge in [0.2, 0.25) is 0 Å². The summed E-state index contributed by atoms with van der Waals surface area (Å²) in [4.78, 5) is 0. The van der Waals surface area contributed by atoms with Crippen LogP contribution in [0.2, 0.25) is 0 Å². The molecule has 8 aromatic rings. The van der Waals surface area contributed by atoms with Crippen LogP contribution in [0.1, 0.15) is 68.9 Å². The van der Waals surface area contributed by atoms with E-state index < -0.39 is 298 Å². The SMILES string of the molecule is [2H]c1c([2H])c([2H])c(P(=[Se])(c2c([2H])c([2H])c([2H])c([2H])c2[2H])c2c([2H])c([2H])c3c(c2[2H])C2(c4c([2H])c([2H])c([2H])c([2H])c4-3)c3c([2H])c([2H])c([2H])c([2H])c3-c3c([2H])c([2H])c(P(=[Se])(c4c([2H])c([2H])c([2H])c([2H])c4[2H])c4c([2H])c([2H])c([2H])c([2H])c4[2H])c([2H])c32)c([2H])c1[2H]. The van der Waals surface area contributed by atoms with Crippen molar-refractivity contribution in [2.75, 3.05) is 0 Å². The van der Waals surface area contributed by atoms with E-state index in [1.165, 1.54) is 0 Å². The second kappa shape index (κ2) is 12.9. The maximum absolute atomic E-state index is 10.8. The van der Waals surface area contributed by atoms with Crippen LogP contribution in [0.5, 0.6) is 0 Å². The van der Waals surface area contributed by atoms with E-state index in [1.807, 2.05) is 0 Å². The van der Waals surface area contributed by atoms with Gasteiger partial charge in [0.1, 0.15) is 0 Å². The number of rotatable bonds is 6. The molecule has 0 unspecified atom stereocenters. The minimum absolute atomic E-state index is 0.807. The van der Waals surface area contributed by atoms with Crippen molar-refractivity contribution in [2.24, 2.45) is 0 Å². The van der Waals surface area contributed by atoms with Crippen molar-refractivity contribution >= 4 is 73.0 Å². The summed E-state index contributed by atoms with van der Waals surface area (Å²) in [6.07, 6.45) is 0. The van der Waals surface area contributed by atoms with Crippen LogP contribution in [-0.2, 0) is 5.41 Å². The Kier molecular flexibility index (Phi) is 3.20. The molecule has 2 aliphatic rings. The first-order chi connectivity index (χ1) is 40.2. The van der Waals surface area contributed by atoms with Gasteiger partial charge in [0.25, 0.3) is 0 Å². The average Bonchev–Trinajstić information content (AvgIpc) is 1.49. The van der Waals surface area contributed by atoms with Crippen LogP contribution in [0.15, 0.2) is 205 Å². The zero-order chi connectivity index (χ0) is 65.2. The predicted molar refractivity (Wildman–Crippen MR) is 232 cm³/mol. The van der Waals surface area contributed by atoms with E-state index in [0.717, 1.165) is 0 Å². The first-order valence-corrected chi connectivity index (χ1v) is 23.2. The summed E-state index contributed by atoms with van der Waals surface area (Å²) in [7, 11) is 0. The van der Waals surface area contributed by atoms with Gasteiger partial charge in [-0.05, 0) is 0 Å². The van der Waals surface area contributed by atoms with Crippen LogP contribution in [0.4, 0.5) is 0 Å². The second-order valence-electron chi connectivity index (χ2n) is 11.3. The summed E-state index contributed by atoms with van der Waals surface area (Å²) in [5.41, 5.74) is -20.7. The Morgan fingerprint density at radius 3 is 0.925 bits per heavy atom. The quantitative estimate of drug-likeness (QED) is 0.116. The summed E-state index contributed by atoms with van der Waals surface area (Å²) in [6, 6.07) is -38.0. The molecule has 0 heterocycles. The molecule has 252 valence electrons. The average molecular weight is 877 g/mol. The molecule has 0 aromatic heterocycles.